The highest BCUT2D eigenvalue weighted by atomic mass is 32.1. The van der Waals surface area contributed by atoms with E-state index in [4.69, 9.17) is 9.84 Å². The van der Waals surface area contributed by atoms with Gasteiger partial charge in [0.15, 0.2) is 6.23 Å². The van der Waals surface area contributed by atoms with Gasteiger partial charge in [0, 0.05) is 6.61 Å². The molecule has 1 aliphatic rings. The number of hydrogen-bond donors (Lipinski definition) is 0. The largest absolute Gasteiger partial charge is 0.357 e. The van der Waals surface area contributed by atoms with E-state index < -0.39 is 0 Å². The Labute approximate surface area is 112 Å². The molecule has 1 aliphatic heterocycles. The standard InChI is InChI=1S/C14H20N2OS/c1-9(2)13-14-12(10(3)8-18-14)15-16(13)11-6-4-5-7-17-11/h8-9,11H,4-7H2,1-3H3. The Hall–Kier alpha value is -0.870. The summed E-state index contributed by atoms with van der Waals surface area (Å²) in [4.78, 5) is 0. The lowest BCUT2D eigenvalue weighted by atomic mass is 10.1. The second-order valence-corrected chi connectivity index (χ2v) is 6.28. The number of fused-ring (bicyclic) bond motifs is 1. The van der Waals surface area contributed by atoms with Gasteiger partial charge < -0.3 is 4.74 Å². The Morgan fingerprint density at radius 1 is 1.44 bits per heavy atom. The second-order valence-electron chi connectivity index (χ2n) is 5.40. The van der Waals surface area contributed by atoms with Crippen LogP contribution in [-0.2, 0) is 4.74 Å². The van der Waals surface area contributed by atoms with Gasteiger partial charge in [0.05, 0.1) is 10.4 Å². The molecule has 4 heteroatoms. The number of thiophene rings is 1. The molecule has 1 atom stereocenters. The molecule has 0 aromatic carbocycles. The van der Waals surface area contributed by atoms with Crippen molar-refractivity contribution in [3.63, 3.8) is 0 Å². The molecule has 1 fully saturated rings. The van der Waals surface area contributed by atoms with Crippen LogP contribution in [0.5, 0.6) is 0 Å². The summed E-state index contributed by atoms with van der Waals surface area (Å²) >= 11 is 1.81. The third-order valence-electron chi connectivity index (χ3n) is 3.60. The first-order valence-electron chi connectivity index (χ1n) is 6.76. The van der Waals surface area contributed by atoms with E-state index in [2.05, 4.69) is 30.8 Å². The van der Waals surface area contributed by atoms with E-state index >= 15 is 0 Å². The van der Waals surface area contributed by atoms with Crippen LogP contribution in [0, 0.1) is 6.92 Å². The molecule has 98 valence electrons. The van der Waals surface area contributed by atoms with Crippen LogP contribution >= 0.6 is 11.3 Å². The molecule has 3 rings (SSSR count). The molecular weight excluding hydrogens is 244 g/mol. The number of rotatable bonds is 2. The first kappa shape index (κ1) is 12.2. The summed E-state index contributed by atoms with van der Waals surface area (Å²) in [7, 11) is 0. The fourth-order valence-electron chi connectivity index (χ4n) is 2.67. The molecule has 0 amide bonds. The van der Waals surface area contributed by atoms with E-state index in [1.165, 1.54) is 28.8 Å². The SMILES string of the molecule is Cc1csc2c(C(C)C)n(C3CCCCO3)nc12. The zero-order valence-electron chi connectivity index (χ0n) is 11.3. The molecule has 0 spiro atoms. The molecule has 1 unspecified atom stereocenters. The molecule has 0 saturated carbocycles. The summed E-state index contributed by atoms with van der Waals surface area (Å²) in [6, 6.07) is 0. The van der Waals surface area contributed by atoms with Crippen LogP contribution in [0.25, 0.3) is 10.2 Å². The third kappa shape index (κ3) is 1.88. The van der Waals surface area contributed by atoms with Gasteiger partial charge in [-0.1, -0.05) is 13.8 Å². The maximum Gasteiger partial charge on any atom is 0.150 e. The van der Waals surface area contributed by atoms with Crippen molar-refractivity contribution >= 4 is 21.6 Å². The molecular formula is C14H20N2OS. The molecule has 2 aromatic rings. The van der Waals surface area contributed by atoms with E-state index in [1.54, 1.807) is 0 Å². The lowest BCUT2D eigenvalue weighted by Gasteiger charge is -2.25. The van der Waals surface area contributed by atoms with Gasteiger partial charge in [0.2, 0.25) is 0 Å². The summed E-state index contributed by atoms with van der Waals surface area (Å²) in [6.45, 7) is 7.49. The Morgan fingerprint density at radius 2 is 2.28 bits per heavy atom. The zero-order valence-corrected chi connectivity index (χ0v) is 12.1. The average Bonchev–Trinajstić information content (AvgIpc) is 2.91. The molecule has 0 bridgehead atoms. The van der Waals surface area contributed by atoms with Gasteiger partial charge in [-0.2, -0.15) is 5.10 Å². The lowest BCUT2D eigenvalue weighted by molar-refractivity contribution is -0.0410. The third-order valence-corrected chi connectivity index (χ3v) is 4.71. The molecule has 1 saturated heterocycles. The van der Waals surface area contributed by atoms with Gasteiger partial charge in [0.25, 0.3) is 0 Å². The molecule has 0 N–H and O–H groups in total. The Kier molecular flexibility index (Phi) is 3.16. The maximum absolute atomic E-state index is 5.90. The molecule has 18 heavy (non-hydrogen) atoms. The van der Waals surface area contributed by atoms with Crippen molar-refractivity contribution in [1.29, 1.82) is 0 Å². The number of ether oxygens (including phenoxy) is 1. The first-order chi connectivity index (χ1) is 8.68. The van der Waals surface area contributed by atoms with Crippen molar-refractivity contribution in [3.05, 3.63) is 16.6 Å². The normalized spacial score (nSPS) is 21.0. The minimum Gasteiger partial charge on any atom is -0.357 e. The van der Waals surface area contributed by atoms with Crippen LogP contribution in [0.1, 0.15) is 56.5 Å². The van der Waals surface area contributed by atoms with E-state index in [0.29, 0.717) is 5.92 Å². The van der Waals surface area contributed by atoms with Crippen LogP contribution in [0.4, 0.5) is 0 Å². The maximum atomic E-state index is 5.90. The zero-order chi connectivity index (χ0) is 12.7. The van der Waals surface area contributed by atoms with Crippen LogP contribution in [0.3, 0.4) is 0 Å². The van der Waals surface area contributed by atoms with Crippen molar-refractivity contribution in [2.24, 2.45) is 0 Å². The summed E-state index contributed by atoms with van der Waals surface area (Å²) in [5.41, 5.74) is 3.79. The summed E-state index contributed by atoms with van der Waals surface area (Å²) in [5.74, 6) is 0.485. The minimum atomic E-state index is 0.148. The van der Waals surface area contributed by atoms with Gasteiger partial charge in [-0.15, -0.1) is 11.3 Å². The van der Waals surface area contributed by atoms with Crippen molar-refractivity contribution in [1.82, 2.24) is 9.78 Å². The topological polar surface area (TPSA) is 27.1 Å². The van der Waals surface area contributed by atoms with Crippen molar-refractivity contribution in [2.45, 2.75) is 52.2 Å². The average molecular weight is 264 g/mol. The highest BCUT2D eigenvalue weighted by Gasteiger charge is 2.24. The number of hydrogen-bond acceptors (Lipinski definition) is 3. The summed E-state index contributed by atoms with van der Waals surface area (Å²) in [5, 5.41) is 7.02. The summed E-state index contributed by atoms with van der Waals surface area (Å²) < 4.78 is 9.39. The van der Waals surface area contributed by atoms with Crippen molar-refractivity contribution in [2.75, 3.05) is 6.61 Å². The van der Waals surface area contributed by atoms with E-state index in [0.717, 1.165) is 18.5 Å². The highest BCUT2D eigenvalue weighted by Crippen LogP contribution is 2.36. The molecule has 0 aliphatic carbocycles. The first-order valence-corrected chi connectivity index (χ1v) is 7.64. The molecule has 0 radical (unpaired) electrons. The van der Waals surface area contributed by atoms with Crippen LogP contribution < -0.4 is 0 Å². The van der Waals surface area contributed by atoms with Crippen LogP contribution in [-0.4, -0.2) is 16.4 Å². The van der Waals surface area contributed by atoms with E-state index in [9.17, 15) is 0 Å². The molecule has 3 heterocycles. The minimum absolute atomic E-state index is 0.148. The van der Waals surface area contributed by atoms with E-state index in [-0.39, 0.29) is 6.23 Å². The van der Waals surface area contributed by atoms with Gasteiger partial charge in [-0.05, 0) is 43.0 Å². The van der Waals surface area contributed by atoms with Crippen molar-refractivity contribution in [3.8, 4) is 0 Å². The number of aromatic nitrogens is 2. The Bertz CT molecular complexity index is 549. The fraction of sp³-hybridized carbons (Fsp3) is 0.643. The lowest BCUT2D eigenvalue weighted by Crippen LogP contribution is -2.21. The Morgan fingerprint density at radius 3 is 2.94 bits per heavy atom. The predicted molar refractivity (Wildman–Crippen MR) is 75.3 cm³/mol. The van der Waals surface area contributed by atoms with Gasteiger partial charge in [0.1, 0.15) is 5.52 Å². The predicted octanol–water partition coefficient (Wildman–Crippen LogP) is 4.23. The van der Waals surface area contributed by atoms with Gasteiger partial charge in [-0.3, -0.25) is 0 Å². The number of nitrogens with zero attached hydrogens (tertiary/aromatic N) is 2. The highest BCUT2D eigenvalue weighted by molar-refractivity contribution is 7.17. The fourth-order valence-corrected chi connectivity index (χ4v) is 3.84. The van der Waals surface area contributed by atoms with Gasteiger partial charge >= 0.3 is 0 Å². The van der Waals surface area contributed by atoms with Crippen LogP contribution in [0.15, 0.2) is 5.38 Å². The van der Waals surface area contributed by atoms with Crippen molar-refractivity contribution < 1.29 is 4.74 Å². The van der Waals surface area contributed by atoms with E-state index in [1.807, 2.05) is 11.3 Å². The van der Waals surface area contributed by atoms with Crippen LogP contribution in [0.2, 0.25) is 0 Å². The smallest absolute Gasteiger partial charge is 0.150 e. The monoisotopic (exact) mass is 264 g/mol. The number of aryl methyl sites for hydroxylation is 1. The second kappa shape index (κ2) is 4.67. The summed E-state index contributed by atoms with van der Waals surface area (Å²) in [6.07, 6.45) is 3.67. The molecule has 2 aromatic heterocycles. The molecule has 3 nitrogen and oxygen atoms in total. The quantitative estimate of drug-likeness (QED) is 0.811. The van der Waals surface area contributed by atoms with Gasteiger partial charge in [-0.25, -0.2) is 4.68 Å². The Balaban J connectivity index is 2.11.